The minimum atomic E-state index is 0.467. The molecule has 1 aromatic heterocycles. The fourth-order valence-corrected chi connectivity index (χ4v) is 7.04. The smallest absolute Gasteiger partial charge is 0.164 e. The number of rotatable bonds is 6. The molecule has 6 nitrogen and oxygen atoms in total. The Morgan fingerprint density at radius 2 is 0.679 bits per heavy atom. The van der Waals surface area contributed by atoms with Gasteiger partial charge in [0.25, 0.3) is 0 Å². The molecule has 1 heterocycles. The molecule has 8 aromatic carbocycles. The van der Waals surface area contributed by atoms with Gasteiger partial charge in [-0.15, -0.1) is 0 Å². The quantitative estimate of drug-likeness (QED) is 0.159. The van der Waals surface area contributed by atoms with E-state index < -0.39 is 0 Å². The van der Waals surface area contributed by atoms with Crippen molar-refractivity contribution in [2.24, 2.45) is 0 Å². The third-order valence-corrected chi connectivity index (χ3v) is 10.0. The van der Waals surface area contributed by atoms with E-state index in [9.17, 15) is 15.8 Å². The van der Waals surface area contributed by atoms with Crippen LogP contribution in [0.25, 0.3) is 89.1 Å². The Morgan fingerprint density at radius 3 is 1.18 bits per heavy atom. The van der Waals surface area contributed by atoms with Crippen molar-refractivity contribution < 1.29 is 0 Å². The van der Waals surface area contributed by atoms with Crippen LogP contribution in [0.3, 0.4) is 0 Å². The molecule has 0 spiro atoms. The van der Waals surface area contributed by atoms with Gasteiger partial charge in [-0.2, -0.15) is 15.8 Å². The molecule has 0 aliphatic carbocycles. The minimum Gasteiger partial charge on any atom is -0.208 e. The second-order valence-electron chi connectivity index (χ2n) is 13.5. The normalized spacial score (nSPS) is 10.8. The van der Waals surface area contributed by atoms with Crippen LogP contribution in [0.1, 0.15) is 16.7 Å². The fraction of sp³-hybridized carbons (Fsp3) is 0. The monoisotopic (exact) mass is 712 g/mol. The molecule has 258 valence electrons. The summed E-state index contributed by atoms with van der Waals surface area (Å²) in [5.74, 6) is 1.42. The summed E-state index contributed by atoms with van der Waals surface area (Å²) in [5, 5.41) is 33.6. The van der Waals surface area contributed by atoms with Gasteiger partial charge in [0, 0.05) is 16.7 Å². The average molecular weight is 713 g/mol. The number of hydrogen-bond donors (Lipinski definition) is 0. The van der Waals surface area contributed by atoms with E-state index in [1.165, 1.54) is 21.5 Å². The number of hydrogen-bond acceptors (Lipinski definition) is 6. The lowest BCUT2D eigenvalue weighted by molar-refractivity contribution is 1.07. The Balaban J connectivity index is 1.03. The summed E-state index contributed by atoms with van der Waals surface area (Å²) in [6.45, 7) is 0. The predicted octanol–water partition coefficient (Wildman–Crippen LogP) is 11.8. The first-order valence-corrected chi connectivity index (χ1v) is 18.0. The topological polar surface area (TPSA) is 110 Å². The molecular formula is C50H28N6. The molecule has 0 bridgehead atoms. The van der Waals surface area contributed by atoms with Crippen LogP contribution < -0.4 is 0 Å². The van der Waals surface area contributed by atoms with Gasteiger partial charge in [-0.05, 0) is 128 Å². The second-order valence-corrected chi connectivity index (χ2v) is 13.5. The van der Waals surface area contributed by atoms with Gasteiger partial charge in [0.15, 0.2) is 17.5 Å². The summed E-state index contributed by atoms with van der Waals surface area (Å²) in [6, 6.07) is 62.7. The van der Waals surface area contributed by atoms with E-state index >= 15 is 0 Å². The number of aromatic nitrogens is 3. The van der Waals surface area contributed by atoms with Gasteiger partial charge in [0.1, 0.15) is 0 Å². The molecule has 0 fully saturated rings. The van der Waals surface area contributed by atoms with Crippen molar-refractivity contribution in [3.63, 3.8) is 0 Å². The predicted molar refractivity (Wildman–Crippen MR) is 222 cm³/mol. The molecule has 0 amide bonds. The lowest BCUT2D eigenvalue weighted by Gasteiger charge is -2.11. The van der Waals surface area contributed by atoms with Crippen molar-refractivity contribution in [3.05, 3.63) is 187 Å². The summed E-state index contributed by atoms with van der Waals surface area (Å²) in [5.41, 5.74) is 10.1. The second kappa shape index (κ2) is 14.3. The Labute approximate surface area is 323 Å². The van der Waals surface area contributed by atoms with Gasteiger partial charge in [-0.3, -0.25) is 0 Å². The lowest BCUT2D eigenvalue weighted by Crippen LogP contribution is -2.00. The van der Waals surface area contributed by atoms with Crippen LogP contribution in [-0.4, -0.2) is 15.0 Å². The Kier molecular flexibility index (Phi) is 8.57. The standard InChI is InChI=1S/C50H28N6/c51-29-32-5-9-39(10-6-32)48-54-49(40-11-7-33(30-52)8-12-40)56-50(55-48)41-20-17-37(18-21-41)45-26-34(31-53)25-44(28-45)36-15-13-35(14-16-36)42-23-24-47-43(27-42)22-19-38-3-1-2-4-46(38)47/h1-28H. The molecule has 0 saturated carbocycles. The first-order chi connectivity index (χ1) is 27.5. The Bertz CT molecular complexity index is 3000. The van der Waals surface area contributed by atoms with Crippen molar-refractivity contribution in [2.45, 2.75) is 0 Å². The van der Waals surface area contributed by atoms with Gasteiger partial charge in [0.2, 0.25) is 0 Å². The van der Waals surface area contributed by atoms with Crippen LogP contribution in [0.5, 0.6) is 0 Å². The van der Waals surface area contributed by atoms with Crippen LogP contribution in [0.15, 0.2) is 170 Å². The van der Waals surface area contributed by atoms with Gasteiger partial charge < -0.3 is 0 Å². The maximum absolute atomic E-state index is 10.0. The van der Waals surface area contributed by atoms with Gasteiger partial charge in [-0.25, -0.2) is 15.0 Å². The summed E-state index contributed by atoms with van der Waals surface area (Å²) >= 11 is 0. The van der Waals surface area contributed by atoms with Crippen molar-refractivity contribution in [1.82, 2.24) is 15.0 Å². The maximum atomic E-state index is 10.0. The van der Waals surface area contributed by atoms with Crippen molar-refractivity contribution in [3.8, 4) is 85.8 Å². The molecule has 0 N–H and O–H groups in total. The van der Waals surface area contributed by atoms with Gasteiger partial charge >= 0.3 is 0 Å². The first-order valence-electron chi connectivity index (χ1n) is 18.0. The largest absolute Gasteiger partial charge is 0.208 e. The van der Waals surface area contributed by atoms with E-state index in [0.29, 0.717) is 34.2 Å². The molecule has 0 unspecified atom stereocenters. The van der Waals surface area contributed by atoms with E-state index in [4.69, 9.17) is 15.0 Å². The number of fused-ring (bicyclic) bond motifs is 3. The van der Waals surface area contributed by atoms with E-state index in [1.54, 1.807) is 24.3 Å². The zero-order valence-electron chi connectivity index (χ0n) is 29.8. The van der Waals surface area contributed by atoms with Crippen LogP contribution in [0.2, 0.25) is 0 Å². The van der Waals surface area contributed by atoms with E-state index in [1.807, 2.05) is 60.7 Å². The van der Waals surface area contributed by atoms with Crippen molar-refractivity contribution in [1.29, 1.82) is 15.8 Å². The number of nitriles is 3. The highest BCUT2D eigenvalue weighted by molar-refractivity contribution is 6.08. The number of nitrogens with zero attached hydrogens (tertiary/aromatic N) is 6. The average Bonchev–Trinajstić information content (AvgIpc) is 3.28. The highest BCUT2D eigenvalue weighted by Gasteiger charge is 2.14. The van der Waals surface area contributed by atoms with Crippen molar-refractivity contribution >= 4 is 21.5 Å². The molecule has 9 rings (SSSR count). The third kappa shape index (κ3) is 6.50. The third-order valence-electron chi connectivity index (χ3n) is 10.0. The van der Waals surface area contributed by atoms with Crippen LogP contribution in [-0.2, 0) is 0 Å². The highest BCUT2D eigenvalue weighted by atomic mass is 15.0. The Hall–Kier alpha value is -8.24. The van der Waals surface area contributed by atoms with Crippen LogP contribution in [0, 0.1) is 34.0 Å². The van der Waals surface area contributed by atoms with E-state index in [0.717, 1.165) is 50.1 Å². The zero-order chi connectivity index (χ0) is 38.0. The molecule has 0 radical (unpaired) electrons. The molecule has 0 atom stereocenters. The molecular weight excluding hydrogens is 685 g/mol. The van der Waals surface area contributed by atoms with E-state index in [2.05, 4.69) is 103 Å². The summed E-state index contributed by atoms with van der Waals surface area (Å²) in [4.78, 5) is 14.4. The highest BCUT2D eigenvalue weighted by Crippen LogP contribution is 2.34. The van der Waals surface area contributed by atoms with Gasteiger partial charge in [0.05, 0.1) is 34.9 Å². The van der Waals surface area contributed by atoms with E-state index in [-0.39, 0.29) is 0 Å². The van der Waals surface area contributed by atoms with Crippen LogP contribution >= 0.6 is 0 Å². The molecule has 6 heteroatoms. The molecule has 9 aromatic rings. The Morgan fingerprint density at radius 1 is 0.286 bits per heavy atom. The molecule has 0 saturated heterocycles. The molecule has 56 heavy (non-hydrogen) atoms. The minimum absolute atomic E-state index is 0.467. The maximum Gasteiger partial charge on any atom is 0.164 e. The van der Waals surface area contributed by atoms with Gasteiger partial charge in [-0.1, -0.05) is 97.1 Å². The molecule has 0 aliphatic rings. The number of benzene rings is 8. The van der Waals surface area contributed by atoms with Crippen molar-refractivity contribution in [2.75, 3.05) is 0 Å². The lowest BCUT2D eigenvalue weighted by atomic mass is 9.94. The summed E-state index contributed by atoms with van der Waals surface area (Å²) < 4.78 is 0. The first kappa shape index (κ1) is 33.6. The zero-order valence-corrected chi connectivity index (χ0v) is 29.8. The van der Waals surface area contributed by atoms with Crippen LogP contribution in [0.4, 0.5) is 0 Å². The SMILES string of the molecule is N#Cc1ccc(-c2nc(-c3ccc(C#N)cc3)nc(-c3ccc(-c4cc(C#N)cc(-c5ccc(-c6ccc7c(ccc8ccccc87)c6)cc5)c4)cc3)n2)cc1. The summed E-state index contributed by atoms with van der Waals surface area (Å²) in [7, 11) is 0. The fourth-order valence-electron chi connectivity index (χ4n) is 7.04. The summed E-state index contributed by atoms with van der Waals surface area (Å²) in [6.07, 6.45) is 0. The molecule has 0 aliphatic heterocycles.